The van der Waals surface area contributed by atoms with Crippen LogP contribution < -0.4 is 5.32 Å². The summed E-state index contributed by atoms with van der Waals surface area (Å²) in [7, 11) is -3.42. The summed E-state index contributed by atoms with van der Waals surface area (Å²) in [5.74, 6) is -0.310. The molecule has 0 spiro atoms. The first-order valence-corrected chi connectivity index (χ1v) is 9.40. The first kappa shape index (κ1) is 18.6. The Labute approximate surface area is 133 Å². The molecule has 0 saturated carbocycles. The zero-order valence-electron chi connectivity index (χ0n) is 14.0. The van der Waals surface area contributed by atoms with E-state index in [0.717, 1.165) is 29.5 Å². The van der Waals surface area contributed by atoms with Crippen LogP contribution in [0.25, 0.3) is 0 Å². The molecule has 5 nitrogen and oxygen atoms in total. The molecule has 1 unspecified atom stereocenters. The van der Waals surface area contributed by atoms with Gasteiger partial charge in [0.1, 0.15) is 0 Å². The Balaban J connectivity index is 2.94. The predicted molar refractivity (Wildman–Crippen MR) is 90.5 cm³/mol. The lowest BCUT2D eigenvalue weighted by Crippen LogP contribution is -2.42. The van der Waals surface area contributed by atoms with Crippen LogP contribution in [0.2, 0.25) is 0 Å². The summed E-state index contributed by atoms with van der Waals surface area (Å²) in [6, 6.07) is 5.64. The number of anilines is 1. The van der Waals surface area contributed by atoms with Gasteiger partial charge in [0.05, 0.1) is 12.8 Å². The van der Waals surface area contributed by atoms with Crippen molar-refractivity contribution in [2.24, 2.45) is 0 Å². The van der Waals surface area contributed by atoms with Crippen molar-refractivity contribution >= 4 is 21.6 Å². The van der Waals surface area contributed by atoms with Crippen LogP contribution in [-0.4, -0.2) is 37.5 Å². The van der Waals surface area contributed by atoms with Crippen molar-refractivity contribution in [2.75, 3.05) is 18.1 Å². The van der Waals surface area contributed by atoms with Crippen molar-refractivity contribution in [1.82, 2.24) is 4.31 Å². The fourth-order valence-electron chi connectivity index (χ4n) is 2.33. The van der Waals surface area contributed by atoms with Gasteiger partial charge in [0.15, 0.2) is 0 Å². The fraction of sp³-hybridized carbons (Fsp3) is 0.562. The molecular formula is C16H26N2O3S. The molecule has 0 radical (unpaired) electrons. The quantitative estimate of drug-likeness (QED) is 0.837. The van der Waals surface area contributed by atoms with E-state index in [1.807, 2.05) is 39.0 Å². The van der Waals surface area contributed by atoms with Gasteiger partial charge in [-0.2, -0.15) is 4.31 Å². The number of hydrogen-bond donors (Lipinski definition) is 1. The van der Waals surface area contributed by atoms with Crippen LogP contribution in [0.4, 0.5) is 5.69 Å². The highest BCUT2D eigenvalue weighted by Crippen LogP contribution is 2.21. The minimum absolute atomic E-state index is 0.161. The van der Waals surface area contributed by atoms with E-state index >= 15 is 0 Å². The number of nitrogens with zero attached hydrogens (tertiary/aromatic N) is 1. The van der Waals surface area contributed by atoms with Gasteiger partial charge in [-0.1, -0.05) is 32.0 Å². The van der Waals surface area contributed by atoms with E-state index in [0.29, 0.717) is 6.42 Å². The highest BCUT2D eigenvalue weighted by molar-refractivity contribution is 7.88. The summed E-state index contributed by atoms with van der Waals surface area (Å²) in [5.41, 5.74) is 2.80. The summed E-state index contributed by atoms with van der Waals surface area (Å²) >= 11 is 0. The van der Waals surface area contributed by atoms with Crippen molar-refractivity contribution in [3.8, 4) is 0 Å². The number of para-hydroxylation sites is 1. The van der Waals surface area contributed by atoms with E-state index < -0.39 is 10.0 Å². The Hall–Kier alpha value is -1.40. The zero-order chi connectivity index (χ0) is 16.9. The molecule has 1 atom stereocenters. The Morgan fingerprint density at radius 2 is 1.95 bits per heavy atom. The Morgan fingerprint density at radius 3 is 2.45 bits per heavy atom. The fourth-order valence-corrected chi connectivity index (χ4v) is 3.48. The maximum atomic E-state index is 12.3. The maximum absolute atomic E-state index is 12.3. The van der Waals surface area contributed by atoms with E-state index in [-0.39, 0.29) is 18.5 Å². The second-order valence-electron chi connectivity index (χ2n) is 5.58. The highest BCUT2D eigenvalue weighted by Gasteiger charge is 2.25. The molecule has 22 heavy (non-hydrogen) atoms. The SMILES string of the molecule is CCc1cccc(C)c1NC(=O)CN(C(C)CC)S(C)(=O)=O. The third kappa shape index (κ3) is 4.81. The van der Waals surface area contributed by atoms with E-state index in [2.05, 4.69) is 5.32 Å². The number of carbonyl (C=O) groups excluding carboxylic acids is 1. The highest BCUT2D eigenvalue weighted by atomic mass is 32.2. The first-order chi connectivity index (χ1) is 10.2. The normalized spacial score (nSPS) is 13.2. The van der Waals surface area contributed by atoms with E-state index in [1.54, 1.807) is 6.92 Å². The number of benzene rings is 1. The summed E-state index contributed by atoms with van der Waals surface area (Å²) in [5, 5.41) is 2.87. The van der Waals surface area contributed by atoms with Crippen LogP contribution in [0.15, 0.2) is 18.2 Å². The minimum Gasteiger partial charge on any atom is -0.324 e. The van der Waals surface area contributed by atoms with Crippen molar-refractivity contribution in [3.05, 3.63) is 29.3 Å². The smallest absolute Gasteiger partial charge is 0.239 e. The predicted octanol–water partition coefficient (Wildman–Crippen LogP) is 2.56. The summed E-state index contributed by atoms with van der Waals surface area (Å²) < 4.78 is 25.0. The molecule has 1 rings (SSSR count). The molecule has 0 aliphatic rings. The monoisotopic (exact) mass is 326 g/mol. The van der Waals surface area contributed by atoms with E-state index in [4.69, 9.17) is 0 Å². The number of carbonyl (C=O) groups is 1. The van der Waals surface area contributed by atoms with Crippen molar-refractivity contribution in [3.63, 3.8) is 0 Å². The summed E-state index contributed by atoms with van der Waals surface area (Å²) in [6.45, 7) is 7.49. The molecule has 0 saturated heterocycles. The molecule has 1 amide bonds. The molecule has 6 heteroatoms. The number of amides is 1. The van der Waals surface area contributed by atoms with E-state index in [1.165, 1.54) is 4.31 Å². The average molecular weight is 326 g/mol. The second-order valence-corrected chi connectivity index (χ2v) is 7.51. The number of rotatable bonds is 7. The van der Waals surface area contributed by atoms with Crippen LogP contribution in [-0.2, 0) is 21.2 Å². The van der Waals surface area contributed by atoms with Gasteiger partial charge in [-0.15, -0.1) is 0 Å². The van der Waals surface area contributed by atoms with Gasteiger partial charge in [-0.25, -0.2) is 8.42 Å². The van der Waals surface area contributed by atoms with Gasteiger partial charge < -0.3 is 5.32 Å². The zero-order valence-corrected chi connectivity index (χ0v) is 14.8. The lowest BCUT2D eigenvalue weighted by molar-refractivity contribution is -0.116. The molecule has 0 heterocycles. The Bertz CT molecular complexity index is 626. The number of aryl methyl sites for hydroxylation is 2. The van der Waals surface area contributed by atoms with Gasteiger partial charge in [0, 0.05) is 11.7 Å². The third-order valence-electron chi connectivity index (χ3n) is 3.81. The number of hydrogen-bond acceptors (Lipinski definition) is 3. The van der Waals surface area contributed by atoms with Gasteiger partial charge in [0.2, 0.25) is 15.9 Å². The maximum Gasteiger partial charge on any atom is 0.239 e. The van der Waals surface area contributed by atoms with Crippen molar-refractivity contribution in [1.29, 1.82) is 0 Å². The summed E-state index contributed by atoms with van der Waals surface area (Å²) in [4.78, 5) is 12.3. The lowest BCUT2D eigenvalue weighted by Gasteiger charge is -2.25. The molecule has 0 aliphatic carbocycles. The Kier molecular flexibility index (Phi) is 6.56. The average Bonchev–Trinajstić information content (AvgIpc) is 2.45. The van der Waals surface area contributed by atoms with Crippen LogP contribution in [0, 0.1) is 6.92 Å². The molecular weight excluding hydrogens is 300 g/mol. The van der Waals surface area contributed by atoms with Crippen LogP contribution in [0.1, 0.15) is 38.3 Å². The largest absolute Gasteiger partial charge is 0.324 e. The topological polar surface area (TPSA) is 66.5 Å². The molecule has 0 fully saturated rings. The molecule has 1 aromatic carbocycles. The van der Waals surface area contributed by atoms with Crippen LogP contribution in [0.3, 0.4) is 0 Å². The van der Waals surface area contributed by atoms with Crippen molar-refractivity contribution < 1.29 is 13.2 Å². The lowest BCUT2D eigenvalue weighted by atomic mass is 10.1. The molecule has 0 aromatic heterocycles. The molecule has 0 bridgehead atoms. The molecule has 1 aromatic rings. The van der Waals surface area contributed by atoms with E-state index in [9.17, 15) is 13.2 Å². The molecule has 1 N–H and O–H groups in total. The number of sulfonamides is 1. The standard InChI is InChI=1S/C16H26N2O3S/c1-6-13(4)18(22(5,20)21)11-15(19)17-16-12(3)9-8-10-14(16)7-2/h8-10,13H,6-7,11H2,1-5H3,(H,17,19). The third-order valence-corrected chi connectivity index (χ3v) is 5.15. The van der Waals surface area contributed by atoms with Gasteiger partial charge in [-0.05, 0) is 37.8 Å². The molecule has 0 aliphatic heterocycles. The van der Waals surface area contributed by atoms with Crippen LogP contribution in [0.5, 0.6) is 0 Å². The second kappa shape index (κ2) is 7.74. The van der Waals surface area contributed by atoms with Crippen LogP contribution >= 0.6 is 0 Å². The van der Waals surface area contributed by atoms with Crippen molar-refractivity contribution in [2.45, 2.75) is 46.6 Å². The number of nitrogens with one attached hydrogen (secondary N) is 1. The minimum atomic E-state index is -3.42. The first-order valence-electron chi connectivity index (χ1n) is 7.55. The molecule has 124 valence electrons. The Morgan fingerprint density at radius 1 is 1.32 bits per heavy atom. The van der Waals surface area contributed by atoms with Gasteiger partial charge >= 0.3 is 0 Å². The summed E-state index contributed by atoms with van der Waals surface area (Å²) in [6.07, 6.45) is 2.60. The van der Waals surface area contributed by atoms with Gasteiger partial charge in [-0.3, -0.25) is 4.79 Å². The van der Waals surface area contributed by atoms with Gasteiger partial charge in [0.25, 0.3) is 0 Å².